The molecule has 1 saturated carbocycles. The number of benzene rings is 1. The molecule has 0 spiro atoms. The van der Waals surface area contributed by atoms with Gasteiger partial charge in [0.05, 0.1) is 6.54 Å². The van der Waals surface area contributed by atoms with Gasteiger partial charge in [0.25, 0.3) is 0 Å². The predicted octanol–water partition coefficient (Wildman–Crippen LogP) is 3.04. The van der Waals surface area contributed by atoms with Crippen molar-refractivity contribution in [3.63, 3.8) is 0 Å². The van der Waals surface area contributed by atoms with Gasteiger partial charge in [-0.15, -0.1) is 10.2 Å². The lowest BCUT2D eigenvalue weighted by Crippen LogP contribution is -2.20. The number of hydrogen-bond acceptors (Lipinski definition) is 4. The first-order valence-electron chi connectivity index (χ1n) is 8.85. The van der Waals surface area contributed by atoms with Gasteiger partial charge in [-0.2, -0.15) is 0 Å². The summed E-state index contributed by atoms with van der Waals surface area (Å²) in [5.74, 6) is 3.75. The molecule has 1 aliphatic rings. The van der Waals surface area contributed by atoms with Crippen molar-refractivity contribution in [3.8, 4) is 5.69 Å². The molecule has 130 valence electrons. The highest BCUT2D eigenvalue weighted by Gasteiger charge is 2.29. The fourth-order valence-electron chi connectivity index (χ4n) is 3.16. The van der Waals surface area contributed by atoms with Crippen molar-refractivity contribution >= 4 is 0 Å². The van der Waals surface area contributed by atoms with Gasteiger partial charge < -0.3 is 14.5 Å². The van der Waals surface area contributed by atoms with Crippen molar-refractivity contribution in [1.82, 2.24) is 29.6 Å². The summed E-state index contributed by atoms with van der Waals surface area (Å²) >= 11 is 0. The quantitative estimate of drug-likeness (QED) is 0.751. The van der Waals surface area contributed by atoms with E-state index >= 15 is 0 Å². The Kier molecular flexibility index (Phi) is 4.13. The topological polar surface area (TPSA) is 60.6 Å². The van der Waals surface area contributed by atoms with E-state index in [1.807, 2.05) is 19.3 Å². The molecule has 3 aromatic rings. The maximum atomic E-state index is 4.34. The maximum absolute atomic E-state index is 4.34. The maximum Gasteiger partial charge on any atom is 0.146 e. The van der Waals surface area contributed by atoms with Gasteiger partial charge in [0, 0.05) is 37.1 Å². The van der Waals surface area contributed by atoms with Crippen LogP contribution in [-0.2, 0) is 13.6 Å². The fourth-order valence-corrected chi connectivity index (χ4v) is 3.16. The van der Waals surface area contributed by atoms with E-state index in [0.717, 1.165) is 29.7 Å². The molecule has 1 unspecified atom stereocenters. The summed E-state index contributed by atoms with van der Waals surface area (Å²) in [6.07, 6.45) is 6.30. The van der Waals surface area contributed by atoms with Gasteiger partial charge in [0.15, 0.2) is 0 Å². The molecule has 25 heavy (non-hydrogen) atoms. The Morgan fingerprint density at radius 2 is 1.96 bits per heavy atom. The van der Waals surface area contributed by atoms with E-state index in [2.05, 4.69) is 67.9 Å². The summed E-state index contributed by atoms with van der Waals surface area (Å²) in [5.41, 5.74) is 2.39. The molecule has 1 aliphatic carbocycles. The third-order valence-corrected chi connectivity index (χ3v) is 5.00. The summed E-state index contributed by atoms with van der Waals surface area (Å²) in [6, 6.07) is 8.85. The number of rotatable bonds is 6. The van der Waals surface area contributed by atoms with E-state index in [-0.39, 0.29) is 6.04 Å². The van der Waals surface area contributed by atoms with E-state index < -0.39 is 0 Å². The molecule has 0 radical (unpaired) electrons. The molecular formula is C19H24N6. The Morgan fingerprint density at radius 1 is 1.20 bits per heavy atom. The van der Waals surface area contributed by atoms with E-state index in [1.54, 1.807) is 0 Å². The second kappa shape index (κ2) is 6.44. The number of aromatic nitrogens is 5. The molecule has 4 rings (SSSR count). The molecule has 1 atom stereocenters. The van der Waals surface area contributed by atoms with Gasteiger partial charge in [-0.25, -0.2) is 4.98 Å². The smallest absolute Gasteiger partial charge is 0.146 e. The Bertz CT molecular complexity index is 856. The molecule has 0 aliphatic heterocycles. The van der Waals surface area contributed by atoms with Crippen LogP contribution in [0.3, 0.4) is 0 Å². The van der Waals surface area contributed by atoms with Crippen LogP contribution in [0.25, 0.3) is 5.69 Å². The van der Waals surface area contributed by atoms with Crippen molar-refractivity contribution < 1.29 is 0 Å². The molecule has 2 aromatic heterocycles. The van der Waals surface area contributed by atoms with Crippen molar-refractivity contribution in [2.75, 3.05) is 0 Å². The largest absolute Gasteiger partial charge is 0.317 e. The minimum absolute atomic E-state index is 0.249. The SMILES string of the molecule is Cc1nccn1-c1ccc(C(C)NCc2nnc(C3CC3)n2C)cc1. The lowest BCUT2D eigenvalue weighted by molar-refractivity contribution is 0.546. The van der Waals surface area contributed by atoms with Crippen LogP contribution in [0.2, 0.25) is 0 Å². The van der Waals surface area contributed by atoms with Crippen LogP contribution in [0.1, 0.15) is 54.8 Å². The first-order valence-corrected chi connectivity index (χ1v) is 8.85. The van der Waals surface area contributed by atoms with Crippen LogP contribution in [0.15, 0.2) is 36.7 Å². The summed E-state index contributed by atoms with van der Waals surface area (Å²) in [4.78, 5) is 4.28. The number of imidazole rings is 1. The third-order valence-electron chi connectivity index (χ3n) is 5.00. The Balaban J connectivity index is 1.41. The van der Waals surface area contributed by atoms with Crippen LogP contribution < -0.4 is 5.32 Å². The summed E-state index contributed by atoms with van der Waals surface area (Å²) < 4.78 is 4.23. The first kappa shape index (κ1) is 16.0. The molecule has 1 fully saturated rings. The zero-order valence-electron chi connectivity index (χ0n) is 15.0. The van der Waals surface area contributed by atoms with Gasteiger partial charge in [-0.3, -0.25) is 0 Å². The number of aryl methyl sites for hydroxylation is 1. The van der Waals surface area contributed by atoms with E-state index in [4.69, 9.17) is 0 Å². The molecule has 6 nitrogen and oxygen atoms in total. The van der Waals surface area contributed by atoms with Crippen LogP contribution in [0, 0.1) is 6.92 Å². The molecule has 6 heteroatoms. The molecule has 2 heterocycles. The zero-order chi connectivity index (χ0) is 17.4. The highest BCUT2D eigenvalue weighted by Crippen LogP contribution is 2.38. The second-order valence-electron chi connectivity index (χ2n) is 6.85. The van der Waals surface area contributed by atoms with Gasteiger partial charge >= 0.3 is 0 Å². The van der Waals surface area contributed by atoms with E-state index in [1.165, 1.54) is 18.4 Å². The Morgan fingerprint density at radius 3 is 2.60 bits per heavy atom. The molecular weight excluding hydrogens is 312 g/mol. The number of hydrogen-bond donors (Lipinski definition) is 1. The molecule has 1 aromatic carbocycles. The minimum atomic E-state index is 0.249. The van der Waals surface area contributed by atoms with Gasteiger partial charge in [-0.05, 0) is 44.4 Å². The highest BCUT2D eigenvalue weighted by atomic mass is 15.3. The monoisotopic (exact) mass is 336 g/mol. The number of nitrogens with zero attached hydrogens (tertiary/aromatic N) is 5. The molecule has 0 bridgehead atoms. The van der Waals surface area contributed by atoms with E-state index in [0.29, 0.717) is 5.92 Å². The second-order valence-corrected chi connectivity index (χ2v) is 6.85. The Labute approximate surface area is 147 Å². The average Bonchev–Trinajstić information content (AvgIpc) is 3.27. The van der Waals surface area contributed by atoms with Crippen molar-refractivity contribution in [2.24, 2.45) is 7.05 Å². The van der Waals surface area contributed by atoms with Crippen LogP contribution in [0.5, 0.6) is 0 Å². The third kappa shape index (κ3) is 3.22. The normalized spacial score (nSPS) is 15.5. The average molecular weight is 336 g/mol. The van der Waals surface area contributed by atoms with Crippen LogP contribution >= 0.6 is 0 Å². The molecule has 0 amide bonds. The van der Waals surface area contributed by atoms with Crippen LogP contribution in [-0.4, -0.2) is 24.3 Å². The molecule has 1 N–H and O–H groups in total. The Hall–Kier alpha value is -2.47. The standard InChI is InChI=1S/C19H24N6/c1-13(21-12-18-22-23-19(24(18)3)16-4-5-16)15-6-8-17(9-7-15)25-11-10-20-14(25)2/h6-11,13,16,21H,4-5,12H2,1-3H3. The molecule has 0 saturated heterocycles. The summed E-state index contributed by atoms with van der Waals surface area (Å²) in [5, 5.41) is 12.2. The highest BCUT2D eigenvalue weighted by molar-refractivity contribution is 5.36. The van der Waals surface area contributed by atoms with Gasteiger partial charge in [0.2, 0.25) is 0 Å². The number of nitrogens with one attached hydrogen (secondary N) is 1. The van der Waals surface area contributed by atoms with Gasteiger partial charge in [-0.1, -0.05) is 12.1 Å². The van der Waals surface area contributed by atoms with Crippen molar-refractivity contribution in [2.45, 2.75) is 45.2 Å². The minimum Gasteiger partial charge on any atom is -0.317 e. The zero-order valence-corrected chi connectivity index (χ0v) is 15.0. The first-order chi connectivity index (χ1) is 12.1. The van der Waals surface area contributed by atoms with Crippen LogP contribution in [0.4, 0.5) is 0 Å². The lowest BCUT2D eigenvalue weighted by atomic mass is 10.1. The van der Waals surface area contributed by atoms with Crippen molar-refractivity contribution in [3.05, 3.63) is 59.7 Å². The van der Waals surface area contributed by atoms with Crippen molar-refractivity contribution in [1.29, 1.82) is 0 Å². The predicted molar refractivity (Wildman–Crippen MR) is 96.5 cm³/mol. The van der Waals surface area contributed by atoms with E-state index in [9.17, 15) is 0 Å². The fraction of sp³-hybridized carbons (Fsp3) is 0.421. The summed E-state index contributed by atoms with van der Waals surface area (Å²) in [6.45, 7) is 4.91. The summed E-state index contributed by atoms with van der Waals surface area (Å²) in [7, 11) is 2.07. The lowest BCUT2D eigenvalue weighted by Gasteiger charge is -2.15. The van der Waals surface area contributed by atoms with Gasteiger partial charge in [0.1, 0.15) is 17.5 Å².